The molecule has 9 nitrogen and oxygen atoms in total. The van der Waals surface area contributed by atoms with Gasteiger partial charge in [-0.2, -0.15) is 15.3 Å². The maximum atomic E-state index is 12.2. The molecule has 0 spiro atoms. The van der Waals surface area contributed by atoms with Gasteiger partial charge in [-0.1, -0.05) is 0 Å². The molecule has 3 aromatic heterocycles. The van der Waals surface area contributed by atoms with E-state index in [1.165, 1.54) is 0 Å². The average molecular weight is 440 g/mol. The summed E-state index contributed by atoms with van der Waals surface area (Å²) >= 11 is 0. The third-order valence-corrected chi connectivity index (χ3v) is 5.48. The van der Waals surface area contributed by atoms with Crippen LogP contribution in [0.25, 0.3) is 27.9 Å². The number of nitrogens with zero attached hydrogens (tertiary/aromatic N) is 5. The number of nitrogens with one attached hydrogen (secondary N) is 1. The van der Waals surface area contributed by atoms with Gasteiger partial charge in [0.25, 0.3) is 5.91 Å². The van der Waals surface area contributed by atoms with Crippen LogP contribution in [0.15, 0.2) is 55.1 Å². The maximum absolute atomic E-state index is 12.2. The van der Waals surface area contributed by atoms with Crippen molar-refractivity contribution in [2.45, 2.75) is 12.5 Å². The van der Waals surface area contributed by atoms with Gasteiger partial charge in [-0.3, -0.25) is 9.78 Å². The highest BCUT2D eigenvalue weighted by molar-refractivity contribution is 5.96. The SMILES string of the molecule is CNC(=O)c1cc(C#N)cc(-c2cnn3cc(-c4ccncc4)c(O[C@H]4CCOC4)nc23)c1. The molecule has 1 saturated heterocycles. The van der Waals surface area contributed by atoms with E-state index in [4.69, 9.17) is 14.5 Å². The summed E-state index contributed by atoms with van der Waals surface area (Å²) in [5, 5.41) is 16.5. The number of ether oxygens (including phenoxy) is 2. The van der Waals surface area contributed by atoms with Gasteiger partial charge in [-0.25, -0.2) is 4.52 Å². The summed E-state index contributed by atoms with van der Waals surface area (Å²) in [5.74, 6) is 0.192. The molecule has 0 aliphatic carbocycles. The molecule has 164 valence electrons. The molecule has 1 aliphatic rings. The van der Waals surface area contributed by atoms with Crippen LogP contribution in [0.2, 0.25) is 0 Å². The second-order valence-electron chi connectivity index (χ2n) is 7.62. The summed E-state index contributed by atoms with van der Waals surface area (Å²) in [6.07, 6.45) is 7.66. The molecule has 5 rings (SSSR count). The number of rotatable bonds is 5. The van der Waals surface area contributed by atoms with E-state index in [9.17, 15) is 10.1 Å². The Bertz CT molecular complexity index is 1370. The lowest BCUT2D eigenvalue weighted by atomic mass is 10.0. The van der Waals surface area contributed by atoms with E-state index < -0.39 is 0 Å². The molecule has 1 atom stereocenters. The van der Waals surface area contributed by atoms with Crippen molar-refractivity contribution in [3.63, 3.8) is 0 Å². The first-order valence-electron chi connectivity index (χ1n) is 10.5. The molecule has 1 aromatic carbocycles. The smallest absolute Gasteiger partial charge is 0.251 e. The Morgan fingerprint density at radius 3 is 2.82 bits per heavy atom. The molecule has 4 aromatic rings. The van der Waals surface area contributed by atoms with Crippen LogP contribution < -0.4 is 10.1 Å². The molecule has 9 heteroatoms. The second kappa shape index (κ2) is 8.68. The minimum absolute atomic E-state index is 0.0892. The first-order chi connectivity index (χ1) is 16.2. The quantitative estimate of drug-likeness (QED) is 0.507. The average Bonchev–Trinajstić information content (AvgIpc) is 3.53. The van der Waals surface area contributed by atoms with E-state index in [1.54, 1.807) is 48.4 Å². The number of carbonyl (C=O) groups is 1. The van der Waals surface area contributed by atoms with Crippen LogP contribution in [0.5, 0.6) is 5.88 Å². The molecule has 4 heterocycles. The lowest BCUT2D eigenvalue weighted by molar-refractivity contribution is 0.0963. The standard InChI is InChI=1S/C24H20N6O3/c1-26-23(31)18-9-15(11-25)8-17(10-18)20-12-28-30-13-21(16-2-5-27-6-3-16)24(29-22(20)30)33-19-4-7-32-14-19/h2-3,5-6,8-10,12-13,19H,4,7,14H2,1H3,(H,26,31)/t19-/m0/s1. The molecule has 0 bridgehead atoms. The summed E-state index contributed by atoms with van der Waals surface area (Å²) in [4.78, 5) is 21.1. The molecule has 0 radical (unpaired) electrons. The summed E-state index contributed by atoms with van der Waals surface area (Å²) < 4.78 is 13.4. The Hall–Kier alpha value is -4.29. The highest BCUT2D eigenvalue weighted by Gasteiger charge is 2.22. The molecule has 1 N–H and O–H groups in total. The Labute approximate surface area is 189 Å². The Kier molecular flexibility index (Phi) is 5.42. The number of hydrogen-bond donors (Lipinski definition) is 1. The van der Waals surface area contributed by atoms with Crippen LogP contribution in [0.3, 0.4) is 0 Å². The highest BCUT2D eigenvalue weighted by Crippen LogP contribution is 2.33. The topological polar surface area (TPSA) is 114 Å². The number of aromatic nitrogens is 4. The molecule has 1 amide bonds. The Morgan fingerprint density at radius 1 is 1.24 bits per heavy atom. The molecular formula is C24H20N6O3. The number of nitriles is 1. The van der Waals surface area contributed by atoms with Crippen LogP contribution in [-0.2, 0) is 4.74 Å². The number of pyridine rings is 1. The predicted octanol–water partition coefficient (Wildman–Crippen LogP) is 2.86. The van der Waals surface area contributed by atoms with Crippen molar-refractivity contribution in [1.82, 2.24) is 24.9 Å². The molecule has 1 fully saturated rings. The highest BCUT2D eigenvalue weighted by atomic mass is 16.5. The van der Waals surface area contributed by atoms with Crippen LogP contribution in [0.1, 0.15) is 22.3 Å². The van der Waals surface area contributed by atoms with E-state index in [1.807, 2.05) is 18.3 Å². The fourth-order valence-electron chi connectivity index (χ4n) is 3.81. The van der Waals surface area contributed by atoms with Gasteiger partial charge in [0, 0.05) is 43.2 Å². The van der Waals surface area contributed by atoms with E-state index in [2.05, 4.69) is 21.5 Å². The minimum atomic E-state index is -0.275. The van der Waals surface area contributed by atoms with Crippen molar-refractivity contribution >= 4 is 11.6 Å². The van der Waals surface area contributed by atoms with Gasteiger partial charge in [0.1, 0.15) is 6.10 Å². The van der Waals surface area contributed by atoms with Gasteiger partial charge in [-0.05, 0) is 41.5 Å². The van der Waals surface area contributed by atoms with E-state index in [-0.39, 0.29) is 12.0 Å². The lowest BCUT2D eigenvalue weighted by Gasteiger charge is -2.15. The van der Waals surface area contributed by atoms with Crippen LogP contribution in [0.4, 0.5) is 0 Å². The monoisotopic (exact) mass is 440 g/mol. The number of carbonyl (C=O) groups excluding carboxylic acids is 1. The zero-order valence-corrected chi connectivity index (χ0v) is 17.9. The summed E-state index contributed by atoms with van der Waals surface area (Å²) in [5.41, 5.74) is 4.35. The zero-order chi connectivity index (χ0) is 22.8. The summed E-state index contributed by atoms with van der Waals surface area (Å²) in [6, 6.07) is 10.9. The maximum Gasteiger partial charge on any atom is 0.251 e. The number of benzene rings is 1. The van der Waals surface area contributed by atoms with Crippen molar-refractivity contribution < 1.29 is 14.3 Å². The summed E-state index contributed by atoms with van der Waals surface area (Å²) in [7, 11) is 1.55. The van der Waals surface area contributed by atoms with Crippen molar-refractivity contribution in [3.05, 3.63) is 66.2 Å². The van der Waals surface area contributed by atoms with E-state index in [0.717, 1.165) is 17.5 Å². The molecule has 0 unspecified atom stereocenters. The van der Waals surface area contributed by atoms with Crippen molar-refractivity contribution in [2.24, 2.45) is 0 Å². The van der Waals surface area contributed by atoms with Gasteiger partial charge in [0.15, 0.2) is 5.65 Å². The minimum Gasteiger partial charge on any atom is -0.471 e. The first kappa shape index (κ1) is 20.6. The molecule has 0 saturated carbocycles. The van der Waals surface area contributed by atoms with Crippen molar-refractivity contribution in [3.8, 4) is 34.2 Å². The summed E-state index contributed by atoms with van der Waals surface area (Å²) in [6.45, 7) is 1.16. The predicted molar refractivity (Wildman–Crippen MR) is 120 cm³/mol. The Morgan fingerprint density at radius 2 is 2.09 bits per heavy atom. The van der Waals surface area contributed by atoms with Gasteiger partial charge in [0.2, 0.25) is 5.88 Å². The second-order valence-corrected chi connectivity index (χ2v) is 7.62. The molecular weight excluding hydrogens is 420 g/mol. The lowest BCUT2D eigenvalue weighted by Crippen LogP contribution is -2.18. The molecule has 1 aliphatic heterocycles. The number of hydrogen-bond acceptors (Lipinski definition) is 7. The van der Waals surface area contributed by atoms with E-state index >= 15 is 0 Å². The van der Waals surface area contributed by atoms with Gasteiger partial charge in [0.05, 0.1) is 36.6 Å². The van der Waals surface area contributed by atoms with Crippen LogP contribution in [-0.4, -0.2) is 51.9 Å². The van der Waals surface area contributed by atoms with Crippen molar-refractivity contribution in [2.75, 3.05) is 20.3 Å². The van der Waals surface area contributed by atoms with Gasteiger partial charge >= 0.3 is 0 Å². The molecule has 33 heavy (non-hydrogen) atoms. The number of fused-ring (bicyclic) bond motifs is 1. The van der Waals surface area contributed by atoms with Gasteiger partial charge < -0.3 is 14.8 Å². The largest absolute Gasteiger partial charge is 0.471 e. The Balaban J connectivity index is 1.67. The van der Waals surface area contributed by atoms with Crippen LogP contribution in [0, 0.1) is 11.3 Å². The van der Waals surface area contributed by atoms with Crippen LogP contribution >= 0.6 is 0 Å². The van der Waals surface area contributed by atoms with Gasteiger partial charge in [-0.15, -0.1) is 0 Å². The first-order valence-corrected chi connectivity index (χ1v) is 10.5. The normalized spacial score (nSPS) is 15.3. The zero-order valence-electron chi connectivity index (χ0n) is 17.9. The van der Waals surface area contributed by atoms with E-state index in [0.29, 0.717) is 47.0 Å². The number of amides is 1. The van der Waals surface area contributed by atoms with Crippen molar-refractivity contribution in [1.29, 1.82) is 5.26 Å². The fraction of sp³-hybridized carbons (Fsp3) is 0.208. The third kappa shape index (κ3) is 4.00. The fourth-order valence-corrected chi connectivity index (χ4v) is 3.81. The third-order valence-electron chi connectivity index (χ3n) is 5.48.